The van der Waals surface area contributed by atoms with E-state index < -0.39 is 5.97 Å². The number of carbonyl (C=O) groups is 1. The van der Waals surface area contributed by atoms with Crippen molar-refractivity contribution in [2.45, 2.75) is 6.42 Å². The van der Waals surface area contributed by atoms with E-state index in [-0.39, 0.29) is 18.1 Å². The molecule has 13 heavy (non-hydrogen) atoms. The number of aromatic carboxylic acids is 1. The van der Waals surface area contributed by atoms with Crippen LogP contribution < -0.4 is 0 Å². The molecule has 0 unspecified atom stereocenters. The molecule has 0 atom stereocenters. The number of aryl methyl sites for hydroxylation is 1. The number of aromatic nitrogens is 2. The van der Waals surface area contributed by atoms with E-state index in [9.17, 15) is 4.79 Å². The standard InChI is InChI=1S/C8H10N2O2.ClH/c1-3-4-6-5-9-10(2)7(6)8(11)12;/h3,5H,1,4H2,2H3,(H,11,12);1H. The summed E-state index contributed by atoms with van der Waals surface area (Å²) < 4.78 is 1.35. The third kappa shape index (κ3) is 2.32. The molecular formula is C8H11ClN2O2. The third-order valence-corrected chi connectivity index (χ3v) is 1.58. The van der Waals surface area contributed by atoms with E-state index in [4.69, 9.17) is 5.11 Å². The van der Waals surface area contributed by atoms with E-state index in [0.717, 1.165) is 0 Å². The largest absolute Gasteiger partial charge is 0.477 e. The van der Waals surface area contributed by atoms with E-state index >= 15 is 0 Å². The first-order valence-electron chi connectivity index (χ1n) is 3.52. The van der Waals surface area contributed by atoms with Gasteiger partial charge in [-0.25, -0.2) is 4.79 Å². The van der Waals surface area contributed by atoms with E-state index in [1.54, 1.807) is 19.3 Å². The zero-order valence-corrected chi connectivity index (χ0v) is 8.04. The summed E-state index contributed by atoms with van der Waals surface area (Å²) >= 11 is 0. The molecule has 1 rings (SSSR count). The van der Waals surface area contributed by atoms with Crippen molar-refractivity contribution in [1.82, 2.24) is 9.78 Å². The summed E-state index contributed by atoms with van der Waals surface area (Å²) in [6.45, 7) is 3.54. The summed E-state index contributed by atoms with van der Waals surface area (Å²) in [5, 5.41) is 12.6. The van der Waals surface area contributed by atoms with Crippen LogP contribution >= 0.6 is 12.4 Å². The summed E-state index contributed by atoms with van der Waals surface area (Å²) in [6, 6.07) is 0. The molecule has 0 aliphatic heterocycles. The lowest BCUT2D eigenvalue weighted by Crippen LogP contribution is -2.07. The fourth-order valence-corrected chi connectivity index (χ4v) is 1.06. The highest BCUT2D eigenvalue weighted by Gasteiger charge is 2.13. The number of hydrogen-bond acceptors (Lipinski definition) is 2. The first kappa shape index (κ1) is 11.7. The molecule has 0 aliphatic rings. The fourth-order valence-electron chi connectivity index (χ4n) is 1.06. The number of rotatable bonds is 3. The molecule has 0 spiro atoms. The van der Waals surface area contributed by atoms with Gasteiger partial charge in [-0.3, -0.25) is 4.68 Å². The van der Waals surface area contributed by atoms with Gasteiger partial charge in [0.2, 0.25) is 0 Å². The molecule has 0 bridgehead atoms. The van der Waals surface area contributed by atoms with Crippen LogP contribution in [0.3, 0.4) is 0 Å². The lowest BCUT2D eigenvalue weighted by atomic mass is 10.2. The highest BCUT2D eigenvalue weighted by atomic mass is 35.5. The highest BCUT2D eigenvalue weighted by Crippen LogP contribution is 2.08. The zero-order chi connectivity index (χ0) is 9.14. The Morgan fingerprint density at radius 2 is 2.46 bits per heavy atom. The van der Waals surface area contributed by atoms with Crippen LogP contribution in [0.25, 0.3) is 0 Å². The Balaban J connectivity index is 0.00000144. The average molecular weight is 203 g/mol. The second-order valence-corrected chi connectivity index (χ2v) is 2.44. The smallest absolute Gasteiger partial charge is 0.354 e. The molecule has 0 amide bonds. The van der Waals surface area contributed by atoms with E-state index in [1.807, 2.05) is 0 Å². The monoisotopic (exact) mass is 202 g/mol. The summed E-state index contributed by atoms with van der Waals surface area (Å²) in [6.07, 6.45) is 3.74. The van der Waals surface area contributed by atoms with Crippen molar-refractivity contribution in [3.05, 3.63) is 30.1 Å². The molecule has 0 saturated carbocycles. The van der Waals surface area contributed by atoms with Gasteiger partial charge in [-0.2, -0.15) is 5.10 Å². The van der Waals surface area contributed by atoms with Crippen LogP contribution in [0.2, 0.25) is 0 Å². The maximum absolute atomic E-state index is 10.7. The minimum absolute atomic E-state index is 0. The van der Waals surface area contributed by atoms with Gasteiger partial charge >= 0.3 is 5.97 Å². The van der Waals surface area contributed by atoms with Gasteiger partial charge in [0.25, 0.3) is 0 Å². The van der Waals surface area contributed by atoms with Gasteiger partial charge in [-0.15, -0.1) is 19.0 Å². The lowest BCUT2D eigenvalue weighted by molar-refractivity contribution is 0.0684. The predicted octanol–water partition coefficient (Wildman–Crippen LogP) is 1.27. The van der Waals surface area contributed by atoms with Crippen LogP contribution in [0.4, 0.5) is 0 Å². The first-order chi connectivity index (χ1) is 5.66. The second kappa shape index (κ2) is 4.67. The van der Waals surface area contributed by atoms with Gasteiger partial charge in [0, 0.05) is 12.6 Å². The van der Waals surface area contributed by atoms with Crippen molar-refractivity contribution in [3.8, 4) is 0 Å². The highest BCUT2D eigenvalue weighted by molar-refractivity contribution is 5.87. The van der Waals surface area contributed by atoms with Crippen LogP contribution in [0.1, 0.15) is 16.1 Å². The molecule has 72 valence electrons. The molecule has 1 aromatic rings. The first-order valence-corrected chi connectivity index (χ1v) is 3.52. The molecule has 0 aliphatic carbocycles. The summed E-state index contributed by atoms with van der Waals surface area (Å²) in [7, 11) is 1.61. The number of carboxylic acid groups (broad SMARTS) is 1. The van der Waals surface area contributed by atoms with Crippen LogP contribution in [-0.4, -0.2) is 20.9 Å². The van der Waals surface area contributed by atoms with Gasteiger partial charge in [0.05, 0.1) is 6.20 Å². The molecule has 0 saturated heterocycles. The summed E-state index contributed by atoms with van der Waals surface area (Å²) in [5.74, 6) is -0.952. The Morgan fingerprint density at radius 1 is 1.85 bits per heavy atom. The van der Waals surface area contributed by atoms with Crippen LogP contribution in [0.5, 0.6) is 0 Å². The maximum Gasteiger partial charge on any atom is 0.354 e. The van der Waals surface area contributed by atoms with Crippen LogP contribution in [0.15, 0.2) is 18.9 Å². The summed E-state index contributed by atoms with van der Waals surface area (Å²) in [5.41, 5.74) is 0.926. The normalized spacial score (nSPS) is 9.00. The Hall–Kier alpha value is -1.29. The SMILES string of the molecule is C=CCc1cnn(C)c1C(=O)O.Cl. The maximum atomic E-state index is 10.7. The number of halogens is 1. The Bertz CT molecular complexity index is 320. The van der Waals surface area contributed by atoms with Crippen molar-refractivity contribution >= 4 is 18.4 Å². The molecular weight excluding hydrogens is 192 g/mol. The lowest BCUT2D eigenvalue weighted by Gasteiger charge is -1.96. The zero-order valence-electron chi connectivity index (χ0n) is 7.23. The van der Waals surface area contributed by atoms with Gasteiger partial charge in [-0.1, -0.05) is 6.08 Å². The average Bonchev–Trinajstić information content (AvgIpc) is 2.32. The molecule has 4 nitrogen and oxygen atoms in total. The molecule has 1 heterocycles. The Kier molecular flexibility index (Phi) is 4.20. The van der Waals surface area contributed by atoms with Crippen molar-refractivity contribution in [3.63, 3.8) is 0 Å². The minimum Gasteiger partial charge on any atom is -0.477 e. The Morgan fingerprint density at radius 3 is 2.92 bits per heavy atom. The van der Waals surface area contributed by atoms with Gasteiger partial charge in [0.15, 0.2) is 0 Å². The molecule has 0 radical (unpaired) electrons. The molecule has 1 aromatic heterocycles. The van der Waals surface area contributed by atoms with Crippen molar-refractivity contribution in [2.75, 3.05) is 0 Å². The molecule has 0 aromatic carbocycles. The Labute approximate surface area is 82.3 Å². The van der Waals surface area contributed by atoms with Crippen molar-refractivity contribution in [1.29, 1.82) is 0 Å². The van der Waals surface area contributed by atoms with Gasteiger partial charge in [0.1, 0.15) is 5.69 Å². The van der Waals surface area contributed by atoms with Gasteiger partial charge < -0.3 is 5.11 Å². The quantitative estimate of drug-likeness (QED) is 0.751. The summed E-state index contributed by atoms with van der Waals surface area (Å²) in [4.78, 5) is 10.7. The number of hydrogen-bond donors (Lipinski definition) is 1. The molecule has 1 N–H and O–H groups in total. The van der Waals surface area contributed by atoms with E-state index in [2.05, 4.69) is 11.7 Å². The van der Waals surface area contributed by atoms with E-state index in [0.29, 0.717) is 12.0 Å². The minimum atomic E-state index is -0.952. The third-order valence-electron chi connectivity index (χ3n) is 1.58. The number of nitrogens with zero attached hydrogens (tertiary/aromatic N) is 2. The van der Waals surface area contributed by atoms with Gasteiger partial charge in [-0.05, 0) is 6.42 Å². The second-order valence-electron chi connectivity index (χ2n) is 2.44. The van der Waals surface area contributed by atoms with E-state index in [1.165, 1.54) is 4.68 Å². The molecule has 0 fully saturated rings. The van der Waals surface area contributed by atoms with Crippen molar-refractivity contribution in [2.24, 2.45) is 7.05 Å². The number of carboxylic acids is 1. The van der Waals surface area contributed by atoms with Crippen LogP contribution in [0, 0.1) is 0 Å². The van der Waals surface area contributed by atoms with Crippen LogP contribution in [-0.2, 0) is 13.5 Å². The fraction of sp³-hybridized carbons (Fsp3) is 0.250. The number of allylic oxidation sites excluding steroid dienone is 1. The predicted molar refractivity (Wildman–Crippen MR) is 51.3 cm³/mol. The van der Waals surface area contributed by atoms with Crippen molar-refractivity contribution < 1.29 is 9.90 Å². The topological polar surface area (TPSA) is 55.1 Å². The molecule has 5 heteroatoms.